The second kappa shape index (κ2) is 5.17. The van der Waals surface area contributed by atoms with Gasteiger partial charge in [-0.05, 0) is 40.5 Å². The summed E-state index contributed by atoms with van der Waals surface area (Å²) in [5.74, 6) is 0.302. The zero-order valence-electron chi connectivity index (χ0n) is 9.41. The quantitative estimate of drug-likeness (QED) is 0.873. The highest BCUT2D eigenvalue weighted by Crippen LogP contribution is 2.29. The van der Waals surface area contributed by atoms with E-state index < -0.39 is 0 Å². The third-order valence-electron chi connectivity index (χ3n) is 3.15. The average molecular weight is 285 g/mol. The van der Waals surface area contributed by atoms with Crippen LogP contribution in [0.1, 0.15) is 18.5 Å². The molecule has 1 aromatic rings. The molecule has 0 saturated carbocycles. The number of aromatic hydroxyl groups is 1. The summed E-state index contributed by atoms with van der Waals surface area (Å²) in [7, 11) is 0. The SMILES string of the molecule is C[C@@H](c1ccc(O)c(Br)c1)N1CCNCC1. The van der Waals surface area contributed by atoms with Gasteiger partial charge in [-0.25, -0.2) is 0 Å². The molecule has 0 amide bonds. The predicted octanol–water partition coefficient (Wildman–Crippen LogP) is 2.12. The minimum absolute atomic E-state index is 0.302. The first kappa shape index (κ1) is 11.9. The van der Waals surface area contributed by atoms with Gasteiger partial charge in [-0.15, -0.1) is 0 Å². The number of hydrogen-bond acceptors (Lipinski definition) is 3. The summed E-state index contributed by atoms with van der Waals surface area (Å²) >= 11 is 3.36. The Kier molecular flexibility index (Phi) is 3.84. The Balaban J connectivity index is 2.12. The number of benzene rings is 1. The molecule has 0 unspecified atom stereocenters. The number of nitrogens with one attached hydrogen (secondary N) is 1. The minimum atomic E-state index is 0.302. The van der Waals surface area contributed by atoms with Crippen LogP contribution >= 0.6 is 15.9 Å². The molecular formula is C12H17BrN2O. The number of halogens is 1. The van der Waals surface area contributed by atoms with Gasteiger partial charge >= 0.3 is 0 Å². The second-order valence-electron chi connectivity index (χ2n) is 4.17. The van der Waals surface area contributed by atoms with Gasteiger partial charge in [0.1, 0.15) is 5.75 Å². The van der Waals surface area contributed by atoms with Crippen LogP contribution in [0.2, 0.25) is 0 Å². The van der Waals surface area contributed by atoms with Crippen LogP contribution in [-0.2, 0) is 0 Å². The first-order valence-corrected chi connectivity index (χ1v) is 6.41. The Labute approximate surface area is 105 Å². The van der Waals surface area contributed by atoms with Crippen LogP contribution in [0, 0.1) is 0 Å². The molecule has 4 heteroatoms. The fraction of sp³-hybridized carbons (Fsp3) is 0.500. The lowest BCUT2D eigenvalue weighted by Gasteiger charge is -2.33. The lowest BCUT2D eigenvalue weighted by molar-refractivity contribution is 0.185. The largest absolute Gasteiger partial charge is 0.507 e. The number of rotatable bonds is 2. The van der Waals surface area contributed by atoms with E-state index in [1.165, 1.54) is 5.56 Å². The molecule has 1 aliphatic rings. The molecule has 0 bridgehead atoms. The number of phenolic OH excluding ortho intramolecular Hbond substituents is 1. The average Bonchev–Trinajstić information content (AvgIpc) is 2.33. The normalized spacial score (nSPS) is 19.6. The molecule has 88 valence electrons. The van der Waals surface area contributed by atoms with Crippen molar-refractivity contribution in [1.82, 2.24) is 10.2 Å². The van der Waals surface area contributed by atoms with Crippen LogP contribution in [0.3, 0.4) is 0 Å². The molecule has 1 atom stereocenters. The summed E-state index contributed by atoms with van der Waals surface area (Å²) in [5.41, 5.74) is 1.24. The van der Waals surface area contributed by atoms with Crippen LogP contribution in [0.5, 0.6) is 5.75 Å². The summed E-state index contributed by atoms with van der Waals surface area (Å²) in [6.45, 7) is 6.50. The van der Waals surface area contributed by atoms with Gasteiger partial charge < -0.3 is 10.4 Å². The zero-order chi connectivity index (χ0) is 11.5. The van der Waals surface area contributed by atoms with Crippen LogP contribution < -0.4 is 5.32 Å². The van der Waals surface area contributed by atoms with Crippen LogP contribution in [0.25, 0.3) is 0 Å². The van der Waals surface area contributed by atoms with Crippen molar-refractivity contribution < 1.29 is 5.11 Å². The molecule has 0 aromatic heterocycles. The maximum Gasteiger partial charge on any atom is 0.129 e. The fourth-order valence-electron chi connectivity index (χ4n) is 2.06. The van der Waals surface area contributed by atoms with Gasteiger partial charge in [-0.2, -0.15) is 0 Å². The summed E-state index contributed by atoms with van der Waals surface area (Å²) in [5, 5.41) is 12.8. The number of phenols is 1. The Bertz CT molecular complexity index is 364. The minimum Gasteiger partial charge on any atom is -0.507 e. The topological polar surface area (TPSA) is 35.5 Å². The highest BCUT2D eigenvalue weighted by molar-refractivity contribution is 9.10. The Morgan fingerprint density at radius 1 is 1.38 bits per heavy atom. The molecular weight excluding hydrogens is 268 g/mol. The van der Waals surface area contributed by atoms with Crippen molar-refractivity contribution in [2.45, 2.75) is 13.0 Å². The number of hydrogen-bond donors (Lipinski definition) is 2. The first-order valence-electron chi connectivity index (χ1n) is 5.61. The van der Waals surface area contributed by atoms with Gasteiger partial charge in [-0.1, -0.05) is 6.07 Å². The van der Waals surface area contributed by atoms with Crippen molar-refractivity contribution in [2.24, 2.45) is 0 Å². The molecule has 1 aliphatic heterocycles. The molecule has 1 aromatic carbocycles. The molecule has 2 rings (SSSR count). The fourth-order valence-corrected chi connectivity index (χ4v) is 2.46. The van der Waals surface area contributed by atoms with E-state index in [-0.39, 0.29) is 0 Å². The van der Waals surface area contributed by atoms with E-state index in [1.807, 2.05) is 12.1 Å². The first-order chi connectivity index (χ1) is 7.68. The number of piperazine rings is 1. The zero-order valence-corrected chi connectivity index (χ0v) is 11.0. The lowest BCUT2D eigenvalue weighted by Crippen LogP contribution is -2.44. The Morgan fingerprint density at radius 2 is 2.06 bits per heavy atom. The summed E-state index contributed by atoms with van der Waals surface area (Å²) < 4.78 is 0.770. The summed E-state index contributed by atoms with van der Waals surface area (Å²) in [6.07, 6.45) is 0. The maximum absolute atomic E-state index is 9.47. The van der Waals surface area contributed by atoms with E-state index in [0.717, 1.165) is 30.7 Å². The third kappa shape index (κ3) is 2.56. The van der Waals surface area contributed by atoms with E-state index in [4.69, 9.17) is 0 Å². The van der Waals surface area contributed by atoms with Gasteiger partial charge in [0.25, 0.3) is 0 Å². The monoisotopic (exact) mass is 284 g/mol. The number of nitrogens with zero attached hydrogens (tertiary/aromatic N) is 1. The molecule has 1 heterocycles. The highest BCUT2D eigenvalue weighted by atomic mass is 79.9. The molecule has 0 aliphatic carbocycles. The van der Waals surface area contributed by atoms with E-state index in [1.54, 1.807) is 6.07 Å². The van der Waals surface area contributed by atoms with Crippen molar-refractivity contribution in [3.05, 3.63) is 28.2 Å². The highest BCUT2D eigenvalue weighted by Gasteiger charge is 2.18. The van der Waals surface area contributed by atoms with Crippen molar-refractivity contribution in [3.8, 4) is 5.75 Å². The summed E-state index contributed by atoms with van der Waals surface area (Å²) in [4.78, 5) is 2.45. The van der Waals surface area contributed by atoms with E-state index in [9.17, 15) is 5.11 Å². The summed E-state index contributed by atoms with van der Waals surface area (Å²) in [6, 6.07) is 6.14. The van der Waals surface area contributed by atoms with Crippen LogP contribution in [0.15, 0.2) is 22.7 Å². The standard InChI is InChI=1S/C12H17BrN2O/c1-9(15-6-4-14-5-7-15)10-2-3-12(16)11(13)8-10/h2-3,8-9,14,16H,4-7H2,1H3/t9-/m0/s1. The molecule has 0 radical (unpaired) electrons. The molecule has 1 saturated heterocycles. The lowest BCUT2D eigenvalue weighted by atomic mass is 10.1. The molecule has 2 N–H and O–H groups in total. The van der Waals surface area contributed by atoms with E-state index in [2.05, 4.69) is 33.1 Å². The van der Waals surface area contributed by atoms with Crippen molar-refractivity contribution in [1.29, 1.82) is 0 Å². The van der Waals surface area contributed by atoms with Gasteiger partial charge in [-0.3, -0.25) is 4.90 Å². The van der Waals surface area contributed by atoms with Gasteiger partial charge in [0, 0.05) is 32.2 Å². The van der Waals surface area contributed by atoms with Crippen molar-refractivity contribution >= 4 is 15.9 Å². The Morgan fingerprint density at radius 3 is 2.69 bits per heavy atom. The Hall–Kier alpha value is -0.580. The van der Waals surface area contributed by atoms with E-state index in [0.29, 0.717) is 11.8 Å². The van der Waals surface area contributed by atoms with Crippen LogP contribution in [-0.4, -0.2) is 36.2 Å². The van der Waals surface area contributed by atoms with E-state index >= 15 is 0 Å². The smallest absolute Gasteiger partial charge is 0.129 e. The molecule has 16 heavy (non-hydrogen) atoms. The maximum atomic E-state index is 9.47. The van der Waals surface area contributed by atoms with Crippen molar-refractivity contribution in [2.75, 3.05) is 26.2 Å². The second-order valence-corrected chi connectivity index (χ2v) is 5.03. The predicted molar refractivity (Wildman–Crippen MR) is 68.7 cm³/mol. The van der Waals surface area contributed by atoms with Gasteiger partial charge in [0.2, 0.25) is 0 Å². The molecule has 3 nitrogen and oxygen atoms in total. The van der Waals surface area contributed by atoms with Crippen molar-refractivity contribution in [3.63, 3.8) is 0 Å². The van der Waals surface area contributed by atoms with Gasteiger partial charge in [0.05, 0.1) is 4.47 Å². The molecule has 0 spiro atoms. The van der Waals surface area contributed by atoms with Gasteiger partial charge in [0.15, 0.2) is 0 Å². The molecule has 1 fully saturated rings. The van der Waals surface area contributed by atoms with Crippen LogP contribution in [0.4, 0.5) is 0 Å². The third-order valence-corrected chi connectivity index (χ3v) is 3.79.